The highest BCUT2D eigenvalue weighted by atomic mass is 16.5. The van der Waals surface area contributed by atoms with E-state index in [9.17, 15) is 4.79 Å². The van der Waals surface area contributed by atoms with E-state index in [1.54, 1.807) is 18.3 Å². The van der Waals surface area contributed by atoms with E-state index in [-0.39, 0.29) is 5.91 Å². The summed E-state index contributed by atoms with van der Waals surface area (Å²) in [6.07, 6.45) is 4.61. The summed E-state index contributed by atoms with van der Waals surface area (Å²) >= 11 is 0. The lowest BCUT2D eigenvalue weighted by Gasteiger charge is -2.28. The molecule has 1 fully saturated rings. The Morgan fingerprint density at radius 3 is 2.71 bits per heavy atom. The van der Waals surface area contributed by atoms with Crippen molar-refractivity contribution >= 4 is 11.6 Å². The van der Waals surface area contributed by atoms with E-state index in [1.807, 2.05) is 20.8 Å². The van der Waals surface area contributed by atoms with Crippen LogP contribution in [0.3, 0.4) is 0 Å². The summed E-state index contributed by atoms with van der Waals surface area (Å²) in [5.41, 5.74) is -0.0790. The van der Waals surface area contributed by atoms with Gasteiger partial charge in [-0.15, -0.1) is 0 Å². The van der Waals surface area contributed by atoms with Crippen LogP contribution in [0.15, 0.2) is 18.3 Å². The Kier molecular flexibility index (Phi) is 5.17. The molecule has 116 valence electrons. The number of aromatic nitrogens is 1. The molecule has 1 aliphatic rings. The van der Waals surface area contributed by atoms with Gasteiger partial charge in [0.05, 0.1) is 18.5 Å². The van der Waals surface area contributed by atoms with E-state index in [0.29, 0.717) is 30.7 Å². The summed E-state index contributed by atoms with van der Waals surface area (Å²) < 4.78 is 11.1. The Labute approximate surface area is 126 Å². The van der Waals surface area contributed by atoms with E-state index < -0.39 is 5.60 Å². The van der Waals surface area contributed by atoms with Crippen LogP contribution in [0, 0.1) is 5.92 Å². The van der Waals surface area contributed by atoms with Gasteiger partial charge in [0.2, 0.25) is 5.88 Å². The van der Waals surface area contributed by atoms with Crippen LogP contribution in [-0.4, -0.2) is 29.7 Å². The number of pyridine rings is 1. The third-order valence-electron chi connectivity index (χ3n) is 3.70. The lowest BCUT2D eigenvalue weighted by Crippen LogP contribution is -2.45. The third-order valence-corrected chi connectivity index (χ3v) is 3.70. The normalized spacial score (nSPS) is 17.1. The van der Waals surface area contributed by atoms with Crippen LogP contribution < -0.4 is 10.1 Å². The largest absolute Gasteiger partial charge is 0.478 e. The van der Waals surface area contributed by atoms with Gasteiger partial charge in [-0.1, -0.05) is 6.92 Å². The van der Waals surface area contributed by atoms with E-state index in [2.05, 4.69) is 10.3 Å². The van der Waals surface area contributed by atoms with Gasteiger partial charge in [0, 0.05) is 12.7 Å². The van der Waals surface area contributed by atoms with Gasteiger partial charge in [-0.3, -0.25) is 4.79 Å². The lowest BCUT2D eigenvalue weighted by atomic mass is 9.99. The molecule has 0 saturated heterocycles. The molecular weight excluding hydrogens is 268 g/mol. The van der Waals surface area contributed by atoms with E-state index in [4.69, 9.17) is 9.47 Å². The van der Waals surface area contributed by atoms with Gasteiger partial charge in [0.1, 0.15) is 5.60 Å². The Morgan fingerprint density at radius 2 is 2.19 bits per heavy atom. The maximum atomic E-state index is 12.5. The predicted octanol–water partition coefficient (Wildman–Crippen LogP) is 3.01. The molecule has 0 aromatic carbocycles. The van der Waals surface area contributed by atoms with Crippen molar-refractivity contribution in [2.75, 3.05) is 18.5 Å². The second-order valence-electron chi connectivity index (χ2n) is 5.50. The molecule has 0 aliphatic heterocycles. The summed E-state index contributed by atoms with van der Waals surface area (Å²) in [4.78, 5) is 16.7. The SMILES string of the molecule is CCCO[C@](C)(C(=O)Nc1ccc(OCC)nc1)C1CC1. The Morgan fingerprint density at radius 1 is 1.43 bits per heavy atom. The van der Waals surface area contributed by atoms with Crippen molar-refractivity contribution in [3.05, 3.63) is 18.3 Å². The second-order valence-corrected chi connectivity index (χ2v) is 5.50. The first-order chi connectivity index (χ1) is 10.1. The van der Waals surface area contributed by atoms with E-state index in [0.717, 1.165) is 19.3 Å². The van der Waals surface area contributed by atoms with Crippen molar-refractivity contribution in [1.82, 2.24) is 4.98 Å². The highest BCUT2D eigenvalue weighted by Gasteiger charge is 2.48. The molecule has 1 N–H and O–H groups in total. The highest BCUT2D eigenvalue weighted by Crippen LogP contribution is 2.42. The number of rotatable bonds is 8. The number of carbonyl (C=O) groups is 1. The zero-order valence-electron chi connectivity index (χ0n) is 13.0. The number of nitrogens with one attached hydrogen (secondary N) is 1. The van der Waals surface area contributed by atoms with Gasteiger partial charge in [-0.25, -0.2) is 4.98 Å². The summed E-state index contributed by atoms with van der Waals surface area (Å²) in [7, 11) is 0. The summed E-state index contributed by atoms with van der Waals surface area (Å²) in [5, 5.41) is 2.90. The maximum Gasteiger partial charge on any atom is 0.256 e. The van der Waals surface area contributed by atoms with Crippen molar-refractivity contribution < 1.29 is 14.3 Å². The summed E-state index contributed by atoms with van der Waals surface area (Å²) in [5.74, 6) is 0.784. The van der Waals surface area contributed by atoms with Gasteiger partial charge >= 0.3 is 0 Å². The predicted molar refractivity (Wildman–Crippen MR) is 81.4 cm³/mol. The minimum absolute atomic E-state index is 0.0931. The van der Waals surface area contributed by atoms with E-state index >= 15 is 0 Å². The van der Waals surface area contributed by atoms with Crippen LogP contribution in [0.1, 0.15) is 40.0 Å². The molecule has 0 radical (unpaired) electrons. The van der Waals surface area contributed by atoms with Crippen LogP contribution in [0.25, 0.3) is 0 Å². The number of carbonyl (C=O) groups excluding carboxylic acids is 1. The minimum atomic E-state index is -0.741. The zero-order valence-corrected chi connectivity index (χ0v) is 13.0. The van der Waals surface area contributed by atoms with Crippen LogP contribution in [-0.2, 0) is 9.53 Å². The Bertz CT molecular complexity index is 471. The molecule has 5 nitrogen and oxygen atoms in total. The molecular formula is C16H24N2O3. The van der Waals surface area contributed by atoms with Gasteiger partial charge < -0.3 is 14.8 Å². The van der Waals surface area contributed by atoms with Crippen molar-refractivity contribution in [2.24, 2.45) is 5.92 Å². The van der Waals surface area contributed by atoms with Crippen LogP contribution in [0.2, 0.25) is 0 Å². The number of ether oxygens (including phenoxy) is 2. The molecule has 1 aromatic heterocycles. The van der Waals surface area contributed by atoms with Gasteiger partial charge in [-0.2, -0.15) is 0 Å². The Balaban J connectivity index is 2.01. The molecule has 1 heterocycles. The molecule has 1 atom stereocenters. The van der Waals surface area contributed by atoms with E-state index in [1.165, 1.54) is 0 Å². The molecule has 0 bridgehead atoms. The molecule has 0 unspecified atom stereocenters. The minimum Gasteiger partial charge on any atom is -0.478 e. The van der Waals surface area contributed by atoms with Crippen molar-refractivity contribution in [1.29, 1.82) is 0 Å². The first-order valence-corrected chi connectivity index (χ1v) is 7.64. The number of nitrogens with zero attached hydrogens (tertiary/aromatic N) is 1. The average molecular weight is 292 g/mol. The molecule has 1 aromatic rings. The van der Waals surface area contributed by atoms with Crippen molar-refractivity contribution in [2.45, 2.75) is 45.6 Å². The van der Waals surface area contributed by atoms with Crippen LogP contribution >= 0.6 is 0 Å². The number of hydrogen-bond donors (Lipinski definition) is 1. The number of hydrogen-bond acceptors (Lipinski definition) is 4. The van der Waals surface area contributed by atoms with Gasteiger partial charge in [-0.05, 0) is 45.1 Å². The molecule has 0 spiro atoms. The smallest absolute Gasteiger partial charge is 0.256 e. The first-order valence-electron chi connectivity index (χ1n) is 7.64. The first kappa shape index (κ1) is 15.8. The molecule has 1 saturated carbocycles. The molecule has 2 rings (SSSR count). The fraction of sp³-hybridized carbons (Fsp3) is 0.625. The molecule has 21 heavy (non-hydrogen) atoms. The standard InChI is InChI=1S/C16H24N2O3/c1-4-10-21-16(3,12-6-7-12)15(19)18-13-8-9-14(17-11-13)20-5-2/h8-9,11-12H,4-7,10H2,1-3H3,(H,18,19)/t16-/m0/s1. The number of anilines is 1. The highest BCUT2D eigenvalue weighted by molar-refractivity contribution is 5.97. The van der Waals surface area contributed by atoms with Gasteiger partial charge in [0.25, 0.3) is 5.91 Å². The fourth-order valence-electron chi connectivity index (χ4n) is 2.26. The molecule has 5 heteroatoms. The van der Waals surface area contributed by atoms with Crippen molar-refractivity contribution in [3.63, 3.8) is 0 Å². The Hall–Kier alpha value is -1.62. The molecule has 1 aliphatic carbocycles. The quantitative estimate of drug-likeness (QED) is 0.800. The maximum absolute atomic E-state index is 12.5. The van der Waals surface area contributed by atoms with Crippen molar-refractivity contribution in [3.8, 4) is 5.88 Å². The zero-order chi connectivity index (χ0) is 15.3. The number of amides is 1. The third kappa shape index (κ3) is 3.94. The summed E-state index contributed by atoms with van der Waals surface area (Å²) in [6, 6.07) is 3.55. The average Bonchev–Trinajstić information content (AvgIpc) is 3.32. The van der Waals surface area contributed by atoms with Crippen LogP contribution in [0.5, 0.6) is 5.88 Å². The lowest BCUT2D eigenvalue weighted by molar-refractivity contribution is -0.142. The van der Waals surface area contributed by atoms with Gasteiger partial charge in [0.15, 0.2) is 0 Å². The second kappa shape index (κ2) is 6.89. The van der Waals surface area contributed by atoms with Crippen LogP contribution in [0.4, 0.5) is 5.69 Å². The summed E-state index contributed by atoms with van der Waals surface area (Å²) in [6.45, 7) is 7.01. The fourth-order valence-corrected chi connectivity index (χ4v) is 2.26. The monoisotopic (exact) mass is 292 g/mol. The topological polar surface area (TPSA) is 60.5 Å². The molecule has 1 amide bonds.